The number of benzene rings is 1. The number of carbonyl (C=O) groups is 1. The highest BCUT2D eigenvalue weighted by Gasteiger charge is 2.00. The Kier molecular flexibility index (Phi) is 4.01. The summed E-state index contributed by atoms with van der Waals surface area (Å²) in [6, 6.07) is 7.59. The summed E-state index contributed by atoms with van der Waals surface area (Å²) in [5.41, 5.74) is 0.587. The highest BCUT2D eigenvalue weighted by molar-refractivity contribution is 6.30. The lowest BCUT2D eigenvalue weighted by Gasteiger charge is -2.04. The molecule has 0 aliphatic carbocycles. The molecule has 1 amide bonds. The molecule has 0 fully saturated rings. The largest absolute Gasteiger partial charge is 0.445 e. The normalized spacial score (nSPS) is 9.21. The van der Waals surface area contributed by atoms with E-state index in [1.165, 1.54) is 6.08 Å². The minimum atomic E-state index is -0.527. The summed E-state index contributed by atoms with van der Waals surface area (Å²) in [5, 5.41) is 3.00. The van der Waals surface area contributed by atoms with Crippen molar-refractivity contribution in [2.24, 2.45) is 0 Å². The van der Waals surface area contributed by atoms with E-state index in [-0.39, 0.29) is 6.61 Å². The molecule has 4 heteroatoms. The molecule has 0 saturated heterocycles. The Bertz CT molecular complexity index is 321. The van der Waals surface area contributed by atoms with Crippen LogP contribution in [-0.4, -0.2) is 12.7 Å². The van der Waals surface area contributed by atoms with E-state index in [9.17, 15) is 4.79 Å². The molecule has 0 aliphatic rings. The van der Waals surface area contributed by atoms with Gasteiger partial charge in [-0.3, -0.25) is 5.32 Å². The van der Waals surface area contributed by atoms with Crippen LogP contribution in [0.3, 0.4) is 0 Å². The summed E-state index contributed by atoms with van der Waals surface area (Å²) in [6.45, 7) is 3.61. The van der Waals surface area contributed by atoms with Crippen LogP contribution in [0.1, 0.15) is 0 Å². The first-order valence-corrected chi connectivity index (χ1v) is 4.32. The van der Waals surface area contributed by atoms with Gasteiger partial charge >= 0.3 is 6.09 Å². The molecule has 0 aromatic heterocycles. The Labute approximate surface area is 87.3 Å². The second-order valence-corrected chi connectivity index (χ2v) is 2.84. The zero-order valence-electron chi connectivity index (χ0n) is 7.42. The van der Waals surface area contributed by atoms with E-state index in [2.05, 4.69) is 18.0 Å². The molecule has 73 valence electrons. The minimum Gasteiger partial charge on any atom is -0.445 e. The third-order valence-electron chi connectivity index (χ3n) is 1.35. The molecule has 0 saturated carbocycles. The van der Waals surface area contributed by atoms with Crippen molar-refractivity contribution in [3.05, 3.63) is 41.9 Å². The van der Waals surface area contributed by atoms with Crippen molar-refractivity contribution in [3.63, 3.8) is 0 Å². The van der Waals surface area contributed by atoms with Crippen molar-refractivity contribution in [3.8, 4) is 0 Å². The van der Waals surface area contributed by atoms with Crippen LogP contribution in [0, 0.1) is 6.07 Å². The smallest absolute Gasteiger partial charge is 0.411 e. The van der Waals surface area contributed by atoms with Crippen LogP contribution in [-0.2, 0) is 4.74 Å². The SMILES string of the molecule is C=CCOC(=O)Nc1c[c]c(Cl)cc1. The average Bonchev–Trinajstić information content (AvgIpc) is 2.18. The lowest BCUT2D eigenvalue weighted by molar-refractivity contribution is 0.174. The maximum atomic E-state index is 11.0. The van der Waals surface area contributed by atoms with Crippen LogP contribution >= 0.6 is 11.6 Å². The zero-order valence-corrected chi connectivity index (χ0v) is 8.17. The van der Waals surface area contributed by atoms with Crippen LogP contribution in [0.4, 0.5) is 10.5 Å². The highest BCUT2D eigenvalue weighted by Crippen LogP contribution is 2.12. The van der Waals surface area contributed by atoms with Gasteiger partial charge in [0.25, 0.3) is 0 Å². The van der Waals surface area contributed by atoms with E-state index in [0.29, 0.717) is 10.7 Å². The van der Waals surface area contributed by atoms with Gasteiger partial charge in [0.2, 0.25) is 0 Å². The average molecular weight is 211 g/mol. The maximum absolute atomic E-state index is 11.0. The van der Waals surface area contributed by atoms with Gasteiger partial charge in [-0.25, -0.2) is 4.79 Å². The number of carbonyl (C=O) groups excluding carboxylic acids is 1. The summed E-state index contributed by atoms with van der Waals surface area (Å²) in [5.74, 6) is 0. The van der Waals surface area contributed by atoms with Gasteiger partial charge < -0.3 is 4.74 Å². The lowest BCUT2D eigenvalue weighted by atomic mass is 10.3. The van der Waals surface area contributed by atoms with E-state index in [1.54, 1.807) is 18.2 Å². The van der Waals surface area contributed by atoms with Crippen LogP contribution in [0.5, 0.6) is 0 Å². The van der Waals surface area contributed by atoms with Crippen molar-refractivity contribution in [2.75, 3.05) is 11.9 Å². The quantitative estimate of drug-likeness (QED) is 0.780. The zero-order chi connectivity index (χ0) is 10.4. The second-order valence-electron chi connectivity index (χ2n) is 2.44. The topological polar surface area (TPSA) is 38.3 Å². The molecule has 0 unspecified atom stereocenters. The third-order valence-corrected chi connectivity index (χ3v) is 1.59. The molecule has 0 heterocycles. The molecule has 1 aromatic rings. The summed E-state index contributed by atoms with van der Waals surface area (Å²) < 4.78 is 4.71. The van der Waals surface area contributed by atoms with Crippen LogP contribution in [0.25, 0.3) is 0 Å². The van der Waals surface area contributed by atoms with E-state index >= 15 is 0 Å². The van der Waals surface area contributed by atoms with Crippen molar-refractivity contribution in [2.45, 2.75) is 0 Å². The Morgan fingerprint density at radius 1 is 1.71 bits per heavy atom. The fourth-order valence-corrected chi connectivity index (χ4v) is 0.890. The van der Waals surface area contributed by atoms with Crippen LogP contribution < -0.4 is 5.32 Å². The number of hydrogen-bond acceptors (Lipinski definition) is 2. The van der Waals surface area contributed by atoms with Crippen LogP contribution in [0.2, 0.25) is 5.02 Å². The number of anilines is 1. The maximum Gasteiger partial charge on any atom is 0.411 e. The van der Waals surface area contributed by atoms with E-state index in [1.807, 2.05) is 0 Å². The van der Waals surface area contributed by atoms with Gasteiger partial charge in [-0.05, 0) is 18.2 Å². The summed E-state index contributed by atoms with van der Waals surface area (Å²) in [7, 11) is 0. The summed E-state index contributed by atoms with van der Waals surface area (Å²) in [4.78, 5) is 11.0. The fourth-order valence-electron chi connectivity index (χ4n) is 0.772. The molecule has 1 aromatic carbocycles. The molecule has 0 spiro atoms. The van der Waals surface area contributed by atoms with Crippen molar-refractivity contribution >= 4 is 23.4 Å². The molecule has 1 rings (SSSR count). The van der Waals surface area contributed by atoms with Gasteiger partial charge in [-0.15, -0.1) is 0 Å². The number of hydrogen-bond donors (Lipinski definition) is 1. The molecule has 1 radical (unpaired) electrons. The fraction of sp³-hybridized carbons (Fsp3) is 0.100. The Balaban J connectivity index is 2.47. The summed E-state index contributed by atoms with van der Waals surface area (Å²) in [6.07, 6.45) is 0.966. The molecular weight excluding hydrogens is 202 g/mol. The molecule has 0 aliphatic heterocycles. The first-order valence-electron chi connectivity index (χ1n) is 3.94. The molecule has 3 nitrogen and oxygen atoms in total. The standard InChI is InChI=1S/C10H9ClNO2/c1-2-7-14-10(13)12-9-5-3-8(11)4-6-9/h2-3,5-6H,1,7H2,(H,12,13). The third kappa shape index (κ3) is 3.49. The van der Waals surface area contributed by atoms with Crippen molar-refractivity contribution in [1.29, 1.82) is 0 Å². The lowest BCUT2D eigenvalue weighted by Crippen LogP contribution is -2.13. The van der Waals surface area contributed by atoms with Gasteiger partial charge in [0, 0.05) is 16.8 Å². The van der Waals surface area contributed by atoms with Gasteiger partial charge in [0.1, 0.15) is 6.61 Å². The Morgan fingerprint density at radius 3 is 3.07 bits per heavy atom. The predicted octanol–water partition coefficient (Wildman–Crippen LogP) is 2.87. The second kappa shape index (κ2) is 5.29. The molecule has 14 heavy (non-hydrogen) atoms. The molecule has 0 atom stereocenters. The van der Waals surface area contributed by atoms with Gasteiger partial charge in [0.15, 0.2) is 0 Å². The Hall–Kier alpha value is -1.48. The number of nitrogens with one attached hydrogen (secondary N) is 1. The van der Waals surface area contributed by atoms with E-state index in [0.717, 1.165) is 0 Å². The van der Waals surface area contributed by atoms with E-state index in [4.69, 9.17) is 16.3 Å². The molecule has 1 N–H and O–H groups in total. The Morgan fingerprint density at radius 2 is 2.50 bits per heavy atom. The highest BCUT2D eigenvalue weighted by atomic mass is 35.5. The number of ether oxygens (including phenoxy) is 1. The predicted molar refractivity (Wildman–Crippen MR) is 55.5 cm³/mol. The summed E-state index contributed by atoms with van der Waals surface area (Å²) >= 11 is 5.62. The number of rotatable bonds is 3. The first kappa shape index (κ1) is 10.6. The minimum absolute atomic E-state index is 0.184. The van der Waals surface area contributed by atoms with Gasteiger partial charge in [0.05, 0.1) is 0 Å². The number of amides is 1. The van der Waals surface area contributed by atoms with Gasteiger partial charge in [-0.1, -0.05) is 24.3 Å². The van der Waals surface area contributed by atoms with Crippen molar-refractivity contribution in [1.82, 2.24) is 0 Å². The van der Waals surface area contributed by atoms with Crippen LogP contribution in [0.15, 0.2) is 30.9 Å². The molecule has 0 bridgehead atoms. The molecular formula is C10H9ClNO2. The monoisotopic (exact) mass is 210 g/mol. The van der Waals surface area contributed by atoms with Crippen molar-refractivity contribution < 1.29 is 9.53 Å². The van der Waals surface area contributed by atoms with E-state index < -0.39 is 6.09 Å². The first-order chi connectivity index (χ1) is 6.72. The van der Waals surface area contributed by atoms with Gasteiger partial charge in [-0.2, -0.15) is 0 Å². The number of halogens is 1.